The molecular formula is C22H30ClNO. The van der Waals surface area contributed by atoms with Crippen molar-refractivity contribution in [1.29, 1.82) is 0 Å². The van der Waals surface area contributed by atoms with Crippen LogP contribution in [0, 0.1) is 5.92 Å². The van der Waals surface area contributed by atoms with Crippen molar-refractivity contribution in [3.63, 3.8) is 0 Å². The number of benzene rings is 2. The second-order valence-electron chi connectivity index (χ2n) is 7.22. The molecule has 0 spiro atoms. The van der Waals surface area contributed by atoms with Gasteiger partial charge in [-0.2, -0.15) is 0 Å². The first-order valence-corrected chi connectivity index (χ1v) is 9.35. The summed E-state index contributed by atoms with van der Waals surface area (Å²) >= 11 is 0. The van der Waals surface area contributed by atoms with Crippen molar-refractivity contribution in [3.05, 3.63) is 71.8 Å². The molecular weight excluding hydrogens is 330 g/mol. The minimum Gasteiger partial charge on any atom is -1.00 e. The largest absolute Gasteiger partial charge is 1.00 e. The Morgan fingerprint density at radius 1 is 0.960 bits per heavy atom. The highest BCUT2D eigenvalue weighted by Crippen LogP contribution is 2.42. The first kappa shape index (κ1) is 20.0. The van der Waals surface area contributed by atoms with E-state index in [1.807, 2.05) is 0 Å². The van der Waals surface area contributed by atoms with Crippen molar-refractivity contribution in [2.24, 2.45) is 5.92 Å². The molecule has 4 unspecified atom stereocenters. The molecule has 3 N–H and O–H groups in total. The van der Waals surface area contributed by atoms with Crippen molar-refractivity contribution >= 4 is 0 Å². The van der Waals surface area contributed by atoms with Crippen LogP contribution in [0.25, 0.3) is 0 Å². The van der Waals surface area contributed by atoms with Gasteiger partial charge in [0.25, 0.3) is 0 Å². The molecule has 2 aromatic rings. The van der Waals surface area contributed by atoms with Gasteiger partial charge in [-0.3, -0.25) is 0 Å². The first-order valence-electron chi connectivity index (χ1n) is 9.35. The molecule has 2 aromatic carbocycles. The number of nitrogens with two attached hydrogens (primary N) is 1. The normalized spacial score (nSPS) is 29.0. The number of rotatable bonds is 5. The van der Waals surface area contributed by atoms with E-state index < -0.39 is 5.60 Å². The Kier molecular flexibility index (Phi) is 7.06. The molecule has 25 heavy (non-hydrogen) atoms. The summed E-state index contributed by atoms with van der Waals surface area (Å²) in [6.45, 7) is 4.40. The maximum absolute atomic E-state index is 11.6. The summed E-state index contributed by atoms with van der Waals surface area (Å²) in [5, 5.41) is 14.1. The van der Waals surface area contributed by atoms with Crippen molar-refractivity contribution < 1.29 is 22.8 Å². The summed E-state index contributed by atoms with van der Waals surface area (Å²) in [6, 6.07) is 22.0. The molecule has 1 fully saturated rings. The van der Waals surface area contributed by atoms with E-state index in [1.54, 1.807) is 0 Å². The second-order valence-corrected chi connectivity index (χ2v) is 7.22. The Balaban J connectivity index is 0.00000225. The molecule has 1 aliphatic rings. The molecule has 2 nitrogen and oxygen atoms in total. The molecule has 136 valence electrons. The third kappa shape index (κ3) is 4.25. The van der Waals surface area contributed by atoms with Crippen molar-refractivity contribution in [3.8, 4) is 0 Å². The molecule has 0 aliphatic carbocycles. The van der Waals surface area contributed by atoms with Crippen LogP contribution in [0.5, 0.6) is 0 Å². The average molecular weight is 360 g/mol. The van der Waals surface area contributed by atoms with Gasteiger partial charge in [0.05, 0.1) is 5.60 Å². The summed E-state index contributed by atoms with van der Waals surface area (Å²) in [5.74, 6) is 0.291. The van der Waals surface area contributed by atoms with E-state index in [0.29, 0.717) is 18.0 Å². The van der Waals surface area contributed by atoms with Gasteiger partial charge in [-0.1, -0.05) is 80.9 Å². The molecule has 3 heteroatoms. The lowest BCUT2D eigenvalue weighted by Gasteiger charge is -2.46. The molecule has 0 amide bonds. The molecule has 0 aromatic heterocycles. The number of hydrogen-bond donors (Lipinski definition) is 2. The van der Waals surface area contributed by atoms with Gasteiger partial charge in [-0.15, -0.1) is 0 Å². The highest BCUT2D eigenvalue weighted by Gasteiger charge is 2.49. The molecule has 4 atom stereocenters. The van der Waals surface area contributed by atoms with Crippen molar-refractivity contribution in [2.45, 2.75) is 57.2 Å². The fraction of sp³-hybridized carbons (Fsp3) is 0.455. The fourth-order valence-corrected chi connectivity index (χ4v) is 4.62. The quantitative estimate of drug-likeness (QED) is 0.821. The van der Waals surface area contributed by atoms with E-state index in [1.165, 1.54) is 11.1 Å². The summed E-state index contributed by atoms with van der Waals surface area (Å²) in [4.78, 5) is 0. The van der Waals surface area contributed by atoms with E-state index in [-0.39, 0.29) is 12.4 Å². The van der Waals surface area contributed by atoms with E-state index in [9.17, 15) is 5.11 Å². The SMILES string of the molecule is CCCC1(O)CC(c2ccccc2)[NH2+]C(c2ccccc2)C1CC.[Cl-]. The fourth-order valence-electron chi connectivity index (χ4n) is 4.62. The van der Waals surface area contributed by atoms with Gasteiger partial charge in [0.15, 0.2) is 0 Å². The van der Waals surface area contributed by atoms with Crippen LogP contribution in [0.15, 0.2) is 60.7 Å². The maximum Gasteiger partial charge on any atom is 0.118 e. The molecule has 0 saturated carbocycles. The first-order chi connectivity index (χ1) is 11.7. The molecule has 3 rings (SSSR count). The van der Waals surface area contributed by atoms with Crippen LogP contribution < -0.4 is 17.7 Å². The van der Waals surface area contributed by atoms with Gasteiger partial charge in [0.2, 0.25) is 0 Å². The van der Waals surface area contributed by atoms with Crippen molar-refractivity contribution in [1.82, 2.24) is 0 Å². The molecule has 1 aliphatic heterocycles. The van der Waals surface area contributed by atoms with E-state index in [2.05, 4.69) is 79.8 Å². The lowest BCUT2D eigenvalue weighted by Crippen LogP contribution is -3.00. The predicted molar refractivity (Wildman–Crippen MR) is 98.5 cm³/mol. The molecule has 0 radical (unpaired) electrons. The average Bonchev–Trinajstić information content (AvgIpc) is 2.62. The number of piperidine rings is 1. The van der Waals surface area contributed by atoms with Gasteiger partial charge < -0.3 is 22.8 Å². The summed E-state index contributed by atoms with van der Waals surface area (Å²) < 4.78 is 0. The van der Waals surface area contributed by atoms with E-state index >= 15 is 0 Å². The zero-order valence-electron chi connectivity index (χ0n) is 15.2. The molecule has 1 heterocycles. The van der Waals surface area contributed by atoms with E-state index in [4.69, 9.17) is 0 Å². The van der Waals surface area contributed by atoms with Gasteiger partial charge in [0, 0.05) is 23.5 Å². The number of halogens is 1. The summed E-state index contributed by atoms with van der Waals surface area (Å²) in [7, 11) is 0. The Morgan fingerprint density at radius 3 is 2.04 bits per heavy atom. The molecule has 0 bridgehead atoms. The summed E-state index contributed by atoms with van der Waals surface area (Å²) in [6.07, 6.45) is 3.75. The lowest BCUT2D eigenvalue weighted by molar-refractivity contribution is -0.757. The van der Waals surface area contributed by atoms with Crippen LogP contribution in [0.3, 0.4) is 0 Å². The van der Waals surface area contributed by atoms with Crippen LogP contribution in [0.4, 0.5) is 0 Å². The highest BCUT2D eigenvalue weighted by atomic mass is 35.5. The maximum atomic E-state index is 11.6. The standard InChI is InChI=1S/C22H29NO.ClH/c1-3-15-22(24)16-20(17-11-7-5-8-12-17)23-21(19(22)4-2)18-13-9-6-10-14-18;/h5-14,19-21,23-24H,3-4,15-16H2,1-2H3;1H. The zero-order valence-corrected chi connectivity index (χ0v) is 16.0. The highest BCUT2D eigenvalue weighted by molar-refractivity contribution is 5.22. The number of aliphatic hydroxyl groups is 1. The van der Waals surface area contributed by atoms with Crippen LogP contribution in [0.2, 0.25) is 0 Å². The minimum absolute atomic E-state index is 0. The Hall–Kier alpha value is -1.35. The van der Waals surface area contributed by atoms with Crippen molar-refractivity contribution in [2.75, 3.05) is 0 Å². The van der Waals surface area contributed by atoms with Crippen LogP contribution >= 0.6 is 0 Å². The third-order valence-corrected chi connectivity index (χ3v) is 5.67. The van der Waals surface area contributed by atoms with E-state index in [0.717, 1.165) is 25.7 Å². The molecule has 1 saturated heterocycles. The monoisotopic (exact) mass is 359 g/mol. The predicted octanol–water partition coefficient (Wildman–Crippen LogP) is 0.998. The number of hydrogen-bond acceptors (Lipinski definition) is 1. The minimum atomic E-state index is -0.584. The van der Waals surface area contributed by atoms with Gasteiger partial charge in [-0.05, 0) is 12.8 Å². The Bertz CT molecular complexity index is 633. The third-order valence-electron chi connectivity index (χ3n) is 5.67. The van der Waals surface area contributed by atoms with Gasteiger partial charge >= 0.3 is 0 Å². The Labute approximate surface area is 158 Å². The van der Waals surface area contributed by atoms with Crippen LogP contribution in [-0.2, 0) is 0 Å². The zero-order chi connectivity index (χ0) is 17.0. The smallest absolute Gasteiger partial charge is 0.118 e. The lowest BCUT2D eigenvalue weighted by atomic mass is 9.68. The Morgan fingerprint density at radius 2 is 1.52 bits per heavy atom. The van der Waals surface area contributed by atoms with Gasteiger partial charge in [0.1, 0.15) is 12.1 Å². The van der Waals surface area contributed by atoms with Gasteiger partial charge in [-0.25, -0.2) is 0 Å². The number of quaternary nitrogens is 1. The summed E-state index contributed by atoms with van der Waals surface area (Å²) in [5.41, 5.74) is 2.07. The van der Waals surface area contributed by atoms with Crippen LogP contribution in [-0.4, -0.2) is 10.7 Å². The second kappa shape index (κ2) is 8.84. The van der Waals surface area contributed by atoms with Crippen LogP contribution in [0.1, 0.15) is 62.7 Å². The topological polar surface area (TPSA) is 36.8 Å².